The number of aromatic amines is 1. The Hall–Kier alpha value is -6.84. The third kappa shape index (κ3) is 12.3. The quantitative estimate of drug-likeness (QED) is 0.0354. The number of Topliss-reactive ketones (excluding diaryl/α,β-unsaturated/α-hetero) is 1. The van der Waals surface area contributed by atoms with E-state index in [0.717, 1.165) is 21.7 Å². The zero-order valence-electron chi connectivity index (χ0n) is 40.0. The van der Waals surface area contributed by atoms with Crippen molar-refractivity contribution < 1.29 is 52.5 Å². The first-order chi connectivity index (χ1) is 33.7. The van der Waals surface area contributed by atoms with Gasteiger partial charge in [-0.1, -0.05) is 48.5 Å². The molecule has 1 fully saturated rings. The van der Waals surface area contributed by atoms with Crippen LogP contribution in [0.1, 0.15) is 104 Å². The summed E-state index contributed by atoms with van der Waals surface area (Å²) in [6.45, 7) is 7.93. The Morgan fingerprint density at radius 3 is 2.14 bits per heavy atom. The van der Waals surface area contributed by atoms with Crippen LogP contribution in [0.3, 0.4) is 0 Å². The molecule has 0 bridgehead atoms. The van der Waals surface area contributed by atoms with E-state index in [1.54, 1.807) is 47.4 Å². The number of likely N-dealkylation sites (N-methyl/N-ethyl adjacent to an activating group) is 1. The van der Waals surface area contributed by atoms with Crippen molar-refractivity contribution in [3.05, 3.63) is 112 Å². The van der Waals surface area contributed by atoms with Crippen molar-refractivity contribution >= 4 is 52.9 Å². The average molecular weight is 964 g/mol. The second-order valence-corrected chi connectivity index (χ2v) is 17.9. The van der Waals surface area contributed by atoms with E-state index < -0.39 is 35.2 Å². The number of hydrogen-bond donors (Lipinski definition) is 5. The van der Waals surface area contributed by atoms with Gasteiger partial charge in [-0.3, -0.25) is 44.1 Å². The first kappa shape index (κ1) is 51.0. The van der Waals surface area contributed by atoms with Crippen LogP contribution in [0, 0.1) is 0 Å². The molecule has 3 aliphatic heterocycles. The molecular formula is C50H61N9O11. The van der Waals surface area contributed by atoms with Gasteiger partial charge in [0.15, 0.2) is 11.6 Å². The van der Waals surface area contributed by atoms with Crippen molar-refractivity contribution in [2.75, 3.05) is 90.7 Å². The van der Waals surface area contributed by atoms with Gasteiger partial charge in [0.05, 0.1) is 81.2 Å². The zero-order valence-corrected chi connectivity index (χ0v) is 40.0. The van der Waals surface area contributed by atoms with Gasteiger partial charge >= 0.3 is 6.03 Å². The third-order valence-corrected chi connectivity index (χ3v) is 12.3. The fourth-order valence-corrected chi connectivity index (χ4v) is 8.61. The molecule has 1 saturated heterocycles. The Bertz CT molecular complexity index is 2530. The summed E-state index contributed by atoms with van der Waals surface area (Å²) in [5, 5.41) is 18.8. The molecule has 5 N–H and O–H groups in total. The van der Waals surface area contributed by atoms with Crippen molar-refractivity contribution in [1.82, 2.24) is 35.5 Å². The lowest BCUT2D eigenvalue weighted by Gasteiger charge is -2.34. The van der Waals surface area contributed by atoms with Gasteiger partial charge in [0.1, 0.15) is 6.04 Å². The maximum atomic E-state index is 13.7. The van der Waals surface area contributed by atoms with Crippen molar-refractivity contribution in [2.24, 2.45) is 0 Å². The van der Waals surface area contributed by atoms with Crippen molar-refractivity contribution in [3.8, 4) is 0 Å². The second-order valence-electron chi connectivity index (χ2n) is 17.9. The minimum atomic E-state index is -1.03. The smallest absolute Gasteiger partial charge is 0.319 e. The van der Waals surface area contributed by atoms with Gasteiger partial charge in [0.25, 0.3) is 17.7 Å². The number of amides is 7. The molecule has 4 aromatic rings. The number of imide groups is 2. The molecule has 7 rings (SSSR count). The fraction of sp³-hybridized carbons (Fsp3) is 0.440. The van der Waals surface area contributed by atoms with Crippen molar-refractivity contribution in [2.45, 2.75) is 63.7 Å². The SMILES string of the molecule is CN(C)C[C@@H](NC(=O)N1Cc2c(NC(=O)c3ccc(C(=O)CCCOCCOCCOCCOCCNc4cccc5c4C(=O)N(C4CCC(=O)NC4=O)C5=O)cc3)n[nH]c2C1(C)C)c1ccccc1. The lowest BCUT2D eigenvalue weighted by atomic mass is 10.0. The number of carbonyl (C=O) groups is 7. The molecule has 4 heterocycles. The van der Waals surface area contributed by atoms with E-state index in [1.165, 1.54) is 0 Å². The number of benzene rings is 3. The number of hydrogen-bond acceptors (Lipinski definition) is 14. The standard InChI is InChI=1S/C50H61N9O11/c1-50(2)43-36(30-58(50)49(66)52-38(31-57(3)4)32-10-6-5-7-11-32)44(56-55-43)54-45(62)34-17-15-33(16-18-34)40(60)14-9-22-67-24-26-69-28-29-70-27-25-68-23-21-51-37-13-8-12-35-42(37)48(65)59(47(35)64)39-19-20-41(61)53-46(39)63/h5-8,10-13,15-18,38-39,51H,9,14,19-31H2,1-4H3,(H,52,66)(H,53,61,63)(H2,54,55,56,62)/t38-,39?/m1/s1. The average Bonchev–Trinajstić information content (AvgIpc) is 3.96. The van der Waals surface area contributed by atoms with Crippen LogP contribution < -0.4 is 21.3 Å². The molecule has 372 valence electrons. The van der Waals surface area contributed by atoms with Crippen molar-refractivity contribution in [3.63, 3.8) is 0 Å². The number of urea groups is 1. The van der Waals surface area contributed by atoms with E-state index in [4.69, 9.17) is 18.9 Å². The molecular weight excluding hydrogens is 903 g/mol. The van der Waals surface area contributed by atoms with Crippen LogP contribution in [0.15, 0.2) is 72.8 Å². The molecule has 20 heteroatoms. The predicted molar refractivity (Wildman–Crippen MR) is 256 cm³/mol. The normalized spacial score (nSPS) is 16.6. The predicted octanol–water partition coefficient (Wildman–Crippen LogP) is 4.27. The van der Waals surface area contributed by atoms with E-state index in [9.17, 15) is 33.6 Å². The highest BCUT2D eigenvalue weighted by molar-refractivity contribution is 6.25. The van der Waals surface area contributed by atoms with Crippen LogP contribution in [0.25, 0.3) is 0 Å². The fourth-order valence-electron chi connectivity index (χ4n) is 8.61. The molecule has 1 unspecified atom stereocenters. The van der Waals surface area contributed by atoms with Gasteiger partial charge in [-0.2, -0.15) is 5.10 Å². The summed E-state index contributed by atoms with van der Waals surface area (Å²) in [6.07, 6.45) is 0.934. The monoisotopic (exact) mass is 963 g/mol. The molecule has 2 atom stereocenters. The summed E-state index contributed by atoms with van der Waals surface area (Å²) in [4.78, 5) is 94.8. The van der Waals surface area contributed by atoms with Crippen molar-refractivity contribution in [1.29, 1.82) is 0 Å². The Labute approximate surface area is 406 Å². The summed E-state index contributed by atoms with van der Waals surface area (Å²) in [6, 6.07) is 19.7. The van der Waals surface area contributed by atoms with Gasteiger partial charge in [-0.05, 0) is 70.6 Å². The Morgan fingerprint density at radius 1 is 0.814 bits per heavy atom. The number of fused-ring (bicyclic) bond motifs is 2. The Balaban J connectivity index is 0.717. The summed E-state index contributed by atoms with van der Waals surface area (Å²) >= 11 is 0. The lowest BCUT2D eigenvalue weighted by Crippen LogP contribution is -2.54. The number of rotatable bonds is 25. The zero-order chi connectivity index (χ0) is 49.8. The van der Waals surface area contributed by atoms with E-state index in [-0.39, 0.29) is 60.7 Å². The lowest BCUT2D eigenvalue weighted by molar-refractivity contribution is -0.136. The molecule has 7 amide bonds. The van der Waals surface area contributed by atoms with Gasteiger partial charge in [0.2, 0.25) is 11.8 Å². The molecule has 0 aliphatic carbocycles. The largest absolute Gasteiger partial charge is 0.382 e. The summed E-state index contributed by atoms with van der Waals surface area (Å²) < 4.78 is 22.4. The number of nitrogens with one attached hydrogen (secondary N) is 5. The van der Waals surface area contributed by atoms with Crippen LogP contribution in [-0.4, -0.2) is 152 Å². The molecule has 20 nitrogen and oxygen atoms in total. The first-order valence-corrected chi connectivity index (χ1v) is 23.4. The minimum Gasteiger partial charge on any atom is -0.382 e. The molecule has 70 heavy (non-hydrogen) atoms. The molecule has 3 aromatic carbocycles. The highest BCUT2D eigenvalue weighted by atomic mass is 16.6. The molecule has 0 saturated carbocycles. The second kappa shape index (κ2) is 23.6. The van der Waals surface area contributed by atoms with Gasteiger partial charge in [-0.15, -0.1) is 0 Å². The Morgan fingerprint density at radius 2 is 1.47 bits per heavy atom. The highest BCUT2D eigenvalue weighted by Gasteiger charge is 2.46. The summed E-state index contributed by atoms with van der Waals surface area (Å²) in [5.41, 5.74) is 3.46. The summed E-state index contributed by atoms with van der Waals surface area (Å²) in [7, 11) is 3.92. The van der Waals surface area contributed by atoms with E-state index >= 15 is 0 Å². The van der Waals surface area contributed by atoms with Gasteiger partial charge in [0, 0.05) is 54.9 Å². The number of carbonyl (C=O) groups excluding carboxylic acids is 7. The van der Waals surface area contributed by atoms with E-state index in [2.05, 4.69) is 31.5 Å². The number of piperidine rings is 1. The van der Waals surface area contributed by atoms with Crippen LogP contribution >= 0.6 is 0 Å². The van der Waals surface area contributed by atoms with Crippen LogP contribution in [0.4, 0.5) is 16.3 Å². The van der Waals surface area contributed by atoms with E-state index in [0.29, 0.717) is 95.0 Å². The number of ketones is 1. The summed E-state index contributed by atoms with van der Waals surface area (Å²) in [5.74, 6) is -2.34. The molecule has 1 aromatic heterocycles. The number of aromatic nitrogens is 2. The maximum Gasteiger partial charge on any atom is 0.319 e. The molecule has 0 radical (unpaired) electrons. The van der Waals surface area contributed by atoms with Crippen LogP contribution in [0.2, 0.25) is 0 Å². The third-order valence-electron chi connectivity index (χ3n) is 12.3. The van der Waals surface area contributed by atoms with Crippen LogP contribution in [0.5, 0.6) is 0 Å². The highest BCUT2D eigenvalue weighted by Crippen LogP contribution is 2.41. The van der Waals surface area contributed by atoms with Gasteiger partial charge in [-0.25, -0.2) is 4.79 Å². The molecule has 0 spiro atoms. The first-order valence-electron chi connectivity index (χ1n) is 23.4. The van der Waals surface area contributed by atoms with Gasteiger partial charge < -0.3 is 44.7 Å². The topological polar surface area (TPSA) is 243 Å². The number of nitrogens with zero attached hydrogens (tertiary/aromatic N) is 4. The molecule has 3 aliphatic rings. The number of H-pyrrole nitrogens is 1. The maximum absolute atomic E-state index is 13.7. The number of ether oxygens (including phenoxy) is 4. The van der Waals surface area contributed by atoms with E-state index in [1.807, 2.05) is 63.2 Å². The number of anilines is 2. The Kier molecular flexibility index (Phi) is 17.2. The minimum absolute atomic E-state index is 0.0499. The van der Waals surface area contributed by atoms with Crippen LogP contribution in [-0.2, 0) is 40.6 Å².